The number of rotatable bonds is 2. The third-order valence-corrected chi connectivity index (χ3v) is 4.58. The molecular weight excluding hydrogens is 288 g/mol. The van der Waals surface area contributed by atoms with Gasteiger partial charge in [-0.25, -0.2) is 9.97 Å². The molecule has 0 unspecified atom stereocenters. The van der Waals surface area contributed by atoms with E-state index < -0.39 is 0 Å². The fourth-order valence-electron chi connectivity index (χ4n) is 3.29. The lowest BCUT2D eigenvalue weighted by Gasteiger charge is -2.33. The van der Waals surface area contributed by atoms with Crippen LogP contribution in [0, 0.1) is 0 Å². The van der Waals surface area contributed by atoms with Crippen molar-refractivity contribution < 1.29 is 4.74 Å². The molecule has 2 aliphatic heterocycles. The molecule has 0 radical (unpaired) electrons. The highest BCUT2D eigenvalue weighted by Gasteiger charge is 2.24. The van der Waals surface area contributed by atoms with Crippen LogP contribution in [0.2, 0.25) is 0 Å². The number of hydrogen-bond donors (Lipinski definition) is 0. The molecule has 1 saturated heterocycles. The van der Waals surface area contributed by atoms with Gasteiger partial charge in [0.05, 0.1) is 18.9 Å². The van der Waals surface area contributed by atoms with E-state index in [0.29, 0.717) is 0 Å². The van der Waals surface area contributed by atoms with E-state index in [-0.39, 0.29) is 0 Å². The summed E-state index contributed by atoms with van der Waals surface area (Å²) in [6, 6.07) is 10.3. The molecule has 0 saturated carbocycles. The molecular formula is C18H22N4O. The second-order valence-corrected chi connectivity index (χ2v) is 6.25. The summed E-state index contributed by atoms with van der Waals surface area (Å²) >= 11 is 0. The maximum atomic E-state index is 5.50. The van der Waals surface area contributed by atoms with Crippen molar-refractivity contribution in [3.05, 3.63) is 41.6 Å². The molecule has 5 nitrogen and oxygen atoms in total. The Bertz CT molecular complexity index is 683. The molecule has 120 valence electrons. The van der Waals surface area contributed by atoms with E-state index in [4.69, 9.17) is 14.7 Å². The van der Waals surface area contributed by atoms with Crippen LogP contribution in [0.5, 0.6) is 0 Å². The molecule has 4 rings (SSSR count). The van der Waals surface area contributed by atoms with Crippen LogP contribution in [-0.2, 0) is 17.7 Å². The van der Waals surface area contributed by atoms with Gasteiger partial charge in [0, 0.05) is 37.3 Å². The van der Waals surface area contributed by atoms with Gasteiger partial charge in [-0.3, -0.25) is 0 Å². The molecule has 5 heteroatoms. The van der Waals surface area contributed by atoms with Crippen LogP contribution < -0.4 is 4.90 Å². The molecule has 0 amide bonds. The summed E-state index contributed by atoms with van der Waals surface area (Å²) in [6.07, 6.45) is 1.02. The summed E-state index contributed by atoms with van der Waals surface area (Å²) in [5.41, 5.74) is 3.58. The van der Waals surface area contributed by atoms with Crippen molar-refractivity contribution in [2.45, 2.75) is 13.0 Å². The highest BCUT2D eigenvalue weighted by Crippen LogP contribution is 2.29. The van der Waals surface area contributed by atoms with Gasteiger partial charge < -0.3 is 14.5 Å². The van der Waals surface area contributed by atoms with Crippen LogP contribution in [0.1, 0.15) is 11.3 Å². The first-order valence-corrected chi connectivity index (χ1v) is 8.28. The number of fused-ring (bicyclic) bond motifs is 1. The molecule has 2 aliphatic rings. The molecule has 0 aliphatic carbocycles. The Morgan fingerprint density at radius 2 is 1.78 bits per heavy atom. The summed E-state index contributed by atoms with van der Waals surface area (Å²) in [4.78, 5) is 14.5. The van der Waals surface area contributed by atoms with Crippen molar-refractivity contribution in [3.8, 4) is 11.4 Å². The van der Waals surface area contributed by atoms with Crippen molar-refractivity contribution in [2.24, 2.45) is 0 Å². The summed E-state index contributed by atoms with van der Waals surface area (Å²) in [6.45, 7) is 5.34. The Morgan fingerprint density at radius 3 is 2.57 bits per heavy atom. The van der Waals surface area contributed by atoms with Crippen LogP contribution in [0.25, 0.3) is 11.4 Å². The van der Waals surface area contributed by atoms with E-state index in [2.05, 4.69) is 29.0 Å². The van der Waals surface area contributed by atoms with Gasteiger partial charge >= 0.3 is 0 Å². The molecule has 0 N–H and O–H groups in total. The Hall–Kier alpha value is -1.98. The van der Waals surface area contributed by atoms with E-state index in [9.17, 15) is 0 Å². The van der Waals surface area contributed by atoms with Gasteiger partial charge in [0.25, 0.3) is 0 Å². The zero-order chi connectivity index (χ0) is 15.6. The number of ether oxygens (including phenoxy) is 1. The van der Waals surface area contributed by atoms with Crippen molar-refractivity contribution >= 4 is 5.82 Å². The first-order valence-electron chi connectivity index (χ1n) is 8.28. The summed E-state index contributed by atoms with van der Waals surface area (Å²) in [5.74, 6) is 1.95. The van der Waals surface area contributed by atoms with E-state index in [1.54, 1.807) is 0 Å². The van der Waals surface area contributed by atoms with E-state index >= 15 is 0 Å². The number of benzene rings is 1. The van der Waals surface area contributed by atoms with Crippen LogP contribution in [0.3, 0.4) is 0 Å². The summed E-state index contributed by atoms with van der Waals surface area (Å²) in [7, 11) is 2.15. The van der Waals surface area contributed by atoms with Gasteiger partial charge in [0.2, 0.25) is 0 Å². The SMILES string of the molecule is CN1CCc2c(nc(-c3ccccc3)nc2N2CCOCC2)C1. The highest BCUT2D eigenvalue weighted by atomic mass is 16.5. The van der Waals surface area contributed by atoms with E-state index in [0.717, 1.165) is 63.0 Å². The fourth-order valence-corrected chi connectivity index (χ4v) is 3.29. The first-order chi connectivity index (χ1) is 11.3. The lowest BCUT2D eigenvalue weighted by molar-refractivity contribution is 0.122. The zero-order valence-electron chi connectivity index (χ0n) is 13.5. The van der Waals surface area contributed by atoms with Crippen LogP contribution in [0.15, 0.2) is 30.3 Å². The van der Waals surface area contributed by atoms with Crippen LogP contribution >= 0.6 is 0 Å². The minimum Gasteiger partial charge on any atom is -0.378 e. The zero-order valence-corrected chi connectivity index (χ0v) is 13.5. The maximum absolute atomic E-state index is 5.50. The number of nitrogens with zero attached hydrogens (tertiary/aromatic N) is 4. The third kappa shape index (κ3) is 2.94. The Balaban J connectivity index is 1.81. The van der Waals surface area contributed by atoms with Crippen molar-refractivity contribution in [1.29, 1.82) is 0 Å². The summed E-state index contributed by atoms with van der Waals surface area (Å²) < 4.78 is 5.50. The predicted octanol–water partition coefficient (Wildman–Crippen LogP) is 1.97. The maximum Gasteiger partial charge on any atom is 0.161 e. The molecule has 2 aromatic rings. The topological polar surface area (TPSA) is 41.5 Å². The monoisotopic (exact) mass is 310 g/mol. The second kappa shape index (κ2) is 6.26. The standard InChI is InChI=1S/C18H22N4O/c1-21-8-7-15-16(13-21)19-17(14-5-3-2-4-6-14)20-18(15)22-9-11-23-12-10-22/h2-6H,7-13H2,1H3. The molecule has 0 spiro atoms. The van der Waals surface area contributed by atoms with Crippen molar-refractivity contribution in [2.75, 3.05) is 44.8 Å². The minimum atomic E-state index is 0.777. The number of morpholine rings is 1. The van der Waals surface area contributed by atoms with Gasteiger partial charge in [-0.15, -0.1) is 0 Å². The van der Waals surface area contributed by atoms with Crippen molar-refractivity contribution in [3.63, 3.8) is 0 Å². The quantitative estimate of drug-likeness (QED) is 0.848. The molecule has 0 bridgehead atoms. The van der Waals surface area contributed by atoms with Gasteiger partial charge in [-0.1, -0.05) is 30.3 Å². The normalized spacial score (nSPS) is 18.7. The first kappa shape index (κ1) is 14.6. The van der Waals surface area contributed by atoms with Crippen LogP contribution in [-0.4, -0.2) is 54.8 Å². The van der Waals surface area contributed by atoms with Gasteiger partial charge in [0.15, 0.2) is 5.82 Å². The smallest absolute Gasteiger partial charge is 0.161 e. The Labute approximate surface area is 136 Å². The van der Waals surface area contributed by atoms with Gasteiger partial charge in [-0.2, -0.15) is 0 Å². The van der Waals surface area contributed by atoms with Crippen LogP contribution in [0.4, 0.5) is 5.82 Å². The third-order valence-electron chi connectivity index (χ3n) is 4.58. The molecule has 0 atom stereocenters. The molecule has 3 heterocycles. The number of aromatic nitrogens is 2. The highest BCUT2D eigenvalue weighted by molar-refractivity contribution is 5.61. The lowest BCUT2D eigenvalue weighted by Crippen LogP contribution is -2.39. The summed E-state index contributed by atoms with van der Waals surface area (Å²) in [5, 5.41) is 0. The fraction of sp³-hybridized carbons (Fsp3) is 0.444. The predicted molar refractivity (Wildman–Crippen MR) is 90.5 cm³/mol. The molecule has 1 fully saturated rings. The van der Waals surface area contributed by atoms with E-state index in [1.165, 1.54) is 11.3 Å². The lowest BCUT2D eigenvalue weighted by atomic mass is 10.0. The molecule has 1 aromatic heterocycles. The molecule has 23 heavy (non-hydrogen) atoms. The second-order valence-electron chi connectivity index (χ2n) is 6.25. The Kier molecular flexibility index (Phi) is 3.97. The molecule has 1 aromatic carbocycles. The minimum absolute atomic E-state index is 0.777. The number of likely N-dealkylation sites (N-methyl/N-ethyl adjacent to an activating group) is 1. The average molecular weight is 310 g/mol. The number of hydrogen-bond acceptors (Lipinski definition) is 5. The largest absolute Gasteiger partial charge is 0.378 e. The average Bonchev–Trinajstić information content (AvgIpc) is 2.62. The van der Waals surface area contributed by atoms with Gasteiger partial charge in [-0.05, 0) is 13.5 Å². The van der Waals surface area contributed by atoms with Crippen molar-refractivity contribution in [1.82, 2.24) is 14.9 Å². The van der Waals surface area contributed by atoms with Gasteiger partial charge in [0.1, 0.15) is 5.82 Å². The van der Waals surface area contributed by atoms with E-state index in [1.807, 2.05) is 18.2 Å². The number of anilines is 1. The Morgan fingerprint density at radius 1 is 1.00 bits per heavy atom.